The molecular weight excluding hydrogens is 452 g/mol. The monoisotopic (exact) mass is 486 g/mol. The third kappa shape index (κ3) is 5.35. The molecule has 0 atom stereocenters. The summed E-state index contributed by atoms with van der Waals surface area (Å²) in [4.78, 5) is 26.8. The van der Waals surface area contributed by atoms with Crippen LogP contribution in [0.3, 0.4) is 0 Å². The average Bonchev–Trinajstić information content (AvgIpc) is 3.66. The van der Waals surface area contributed by atoms with Gasteiger partial charge in [0, 0.05) is 41.4 Å². The topological polar surface area (TPSA) is 84.4 Å². The fraction of sp³-hybridized carbons (Fsp3) is 0.448. The Bertz CT molecular complexity index is 1300. The van der Waals surface area contributed by atoms with Gasteiger partial charge in [0.05, 0.1) is 11.9 Å². The molecule has 1 saturated carbocycles. The molecule has 2 aliphatic rings. The number of nitrogens with zero attached hydrogens (tertiary/aromatic N) is 3. The van der Waals surface area contributed by atoms with Crippen LogP contribution in [0.5, 0.6) is 0 Å². The minimum atomic E-state index is -0.494. The van der Waals surface area contributed by atoms with Crippen LogP contribution in [0.2, 0.25) is 0 Å². The zero-order valence-electron chi connectivity index (χ0n) is 21.5. The van der Waals surface area contributed by atoms with E-state index in [0.29, 0.717) is 24.7 Å². The number of rotatable bonds is 4. The molecule has 1 saturated heterocycles. The van der Waals surface area contributed by atoms with Crippen molar-refractivity contribution in [2.75, 3.05) is 13.1 Å². The van der Waals surface area contributed by atoms with E-state index in [-0.39, 0.29) is 17.9 Å². The lowest BCUT2D eigenvalue weighted by Gasteiger charge is -2.33. The molecular formula is C29H34N4O3. The highest BCUT2D eigenvalue weighted by molar-refractivity contribution is 5.97. The van der Waals surface area contributed by atoms with Crippen LogP contribution >= 0.6 is 0 Å². The van der Waals surface area contributed by atoms with Gasteiger partial charge in [-0.1, -0.05) is 18.2 Å². The second kappa shape index (κ2) is 9.52. The number of carbonyl (C=O) groups is 2. The smallest absolute Gasteiger partial charge is 0.410 e. The molecule has 0 spiro atoms. The van der Waals surface area contributed by atoms with Crippen LogP contribution in [0, 0.1) is 6.92 Å². The van der Waals surface area contributed by atoms with Crippen LogP contribution in [-0.4, -0.2) is 51.8 Å². The lowest BCUT2D eigenvalue weighted by Crippen LogP contribution is -2.41. The lowest BCUT2D eigenvalue weighted by atomic mass is 9.89. The van der Waals surface area contributed by atoms with Gasteiger partial charge in [0.15, 0.2) is 0 Å². The summed E-state index contributed by atoms with van der Waals surface area (Å²) in [6.07, 6.45) is 5.34. The largest absolute Gasteiger partial charge is 0.444 e. The molecule has 0 radical (unpaired) electrons. The Balaban J connectivity index is 1.36. The van der Waals surface area contributed by atoms with Gasteiger partial charge in [-0.15, -0.1) is 0 Å². The summed E-state index contributed by atoms with van der Waals surface area (Å²) in [7, 11) is 0. The number of aryl methyl sites for hydroxylation is 1. The maximum atomic E-state index is 12.6. The van der Waals surface area contributed by atoms with Crippen LogP contribution < -0.4 is 5.32 Å². The van der Waals surface area contributed by atoms with Gasteiger partial charge in [-0.25, -0.2) is 4.79 Å². The standard InChI is InChI=1S/C29H34N4O3/c1-18-5-6-21(27(34)31-23-8-9-23)16-25(18)20-7-10-24-22(15-20)17-30-32-26(24)19-11-13-33(14-12-19)28(35)36-29(2,3)4/h5-7,10,15-17,19,23H,8-9,11-14H2,1-4H3,(H,31,34). The van der Waals surface area contributed by atoms with Crippen LogP contribution in [0.1, 0.15) is 74.0 Å². The maximum Gasteiger partial charge on any atom is 0.410 e. The number of ether oxygens (including phenoxy) is 1. The van der Waals surface area contributed by atoms with Gasteiger partial charge in [-0.05, 0) is 88.3 Å². The van der Waals surface area contributed by atoms with Gasteiger partial charge in [-0.2, -0.15) is 10.2 Å². The molecule has 36 heavy (non-hydrogen) atoms. The second-order valence-electron chi connectivity index (χ2n) is 11.1. The van der Waals surface area contributed by atoms with Crippen LogP contribution in [0.25, 0.3) is 21.9 Å². The summed E-state index contributed by atoms with van der Waals surface area (Å²) >= 11 is 0. The highest BCUT2D eigenvalue weighted by Gasteiger charge is 2.29. The molecule has 1 aromatic heterocycles. The number of carbonyl (C=O) groups excluding carboxylic acids is 2. The van der Waals surface area contributed by atoms with Crippen molar-refractivity contribution in [2.45, 2.75) is 70.9 Å². The lowest BCUT2D eigenvalue weighted by molar-refractivity contribution is 0.0204. The highest BCUT2D eigenvalue weighted by Crippen LogP contribution is 2.34. The van der Waals surface area contributed by atoms with Crippen molar-refractivity contribution in [1.82, 2.24) is 20.4 Å². The van der Waals surface area contributed by atoms with E-state index >= 15 is 0 Å². The zero-order valence-corrected chi connectivity index (χ0v) is 21.5. The maximum absolute atomic E-state index is 12.6. The minimum absolute atomic E-state index is 0.00887. The number of nitrogens with one attached hydrogen (secondary N) is 1. The summed E-state index contributed by atoms with van der Waals surface area (Å²) in [5.74, 6) is 0.229. The number of hydrogen-bond donors (Lipinski definition) is 1. The van der Waals surface area contributed by atoms with Gasteiger partial charge < -0.3 is 15.0 Å². The first-order valence-corrected chi connectivity index (χ1v) is 12.8. The molecule has 2 heterocycles. The van der Waals surface area contributed by atoms with Crippen LogP contribution in [-0.2, 0) is 4.74 Å². The predicted octanol–water partition coefficient (Wildman–Crippen LogP) is 5.61. The van der Waals surface area contributed by atoms with Crippen molar-refractivity contribution in [2.24, 2.45) is 0 Å². The molecule has 1 aliphatic carbocycles. The molecule has 188 valence electrons. The number of likely N-dealkylation sites (tertiary alicyclic amines) is 1. The summed E-state index contributed by atoms with van der Waals surface area (Å²) in [5, 5.41) is 14.0. The first kappa shape index (κ1) is 24.2. The predicted molar refractivity (Wildman–Crippen MR) is 140 cm³/mol. The molecule has 2 fully saturated rings. The quantitative estimate of drug-likeness (QED) is 0.518. The van der Waals surface area contributed by atoms with Gasteiger partial charge >= 0.3 is 6.09 Å². The Labute approximate surface area is 212 Å². The number of hydrogen-bond acceptors (Lipinski definition) is 5. The Morgan fingerprint density at radius 1 is 1.03 bits per heavy atom. The fourth-order valence-corrected chi connectivity index (χ4v) is 4.81. The van der Waals surface area contributed by atoms with Crippen molar-refractivity contribution < 1.29 is 14.3 Å². The molecule has 2 aromatic carbocycles. The third-order valence-corrected chi connectivity index (χ3v) is 6.95. The summed E-state index contributed by atoms with van der Waals surface area (Å²) in [6, 6.07) is 12.6. The van der Waals surface area contributed by atoms with Crippen molar-refractivity contribution in [3.63, 3.8) is 0 Å². The van der Waals surface area contributed by atoms with Gasteiger partial charge in [0.2, 0.25) is 0 Å². The number of aromatic nitrogens is 2. The van der Waals surface area contributed by atoms with E-state index in [1.807, 2.05) is 39.0 Å². The van der Waals surface area contributed by atoms with E-state index < -0.39 is 5.60 Å². The van der Waals surface area contributed by atoms with Crippen molar-refractivity contribution in [3.8, 4) is 11.1 Å². The Morgan fingerprint density at radius 2 is 1.78 bits per heavy atom. The third-order valence-electron chi connectivity index (χ3n) is 6.95. The molecule has 1 aliphatic heterocycles. The Morgan fingerprint density at radius 3 is 2.47 bits per heavy atom. The minimum Gasteiger partial charge on any atom is -0.444 e. The van der Waals surface area contributed by atoms with E-state index in [0.717, 1.165) is 58.8 Å². The van der Waals surface area contributed by atoms with Gasteiger partial charge in [-0.3, -0.25) is 4.79 Å². The zero-order chi connectivity index (χ0) is 25.4. The summed E-state index contributed by atoms with van der Waals surface area (Å²) in [5.41, 5.74) is 4.40. The molecule has 0 bridgehead atoms. The Hall–Kier alpha value is -3.48. The van der Waals surface area contributed by atoms with Crippen molar-refractivity contribution in [1.29, 1.82) is 0 Å². The fourth-order valence-electron chi connectivity index (χ4n) is 4.81. The van der Waals surface area contributed by atoms with Gasteiger partial charge in [0.25, 0.3) is 5.91 Å². The summed E-state index contributed by atoms with van der Waals surface area (Å²) < 4.78 is 5.53. The second-order valence-corrected chi connectivity index (χ2v) is 11.1. The molecule has 3 aromatic rings. The van der Waals surface area contributed by atoms with Gasteiger partial charge in [0.1, 0.15) is 5.60 Å². The SMILES string of the molecule is Cc1ccc(C(=O)NC2CC2)cc1-c1ccc2c(C3CCN(C(=O)OC(C)(C)C)CC3)nncc2c1. The van der Waals surface area contributed by atoms with E-state index in [4.69, 9.17) is 4.74 Å². The van der Waals surface area contributed by atoms with Crippen LogP contribution in [0.15, 0.2) is 42.6 Å². The van der Waals surface area contributed by atoms with Crippen molar-refractivity contribution in [3.05, 3.63) is 59.4 Å². The average molecular weight is 487 g/mol. The number of piperidine rings is 1. The van der Waals surface area contributed by atoms with E-state index in [9.17, 15) is 9.59 Å². The number of fused-ring (bicyclic) bond motifs is 1. The first-order chi connectivity index (χ1) is 17.2. The normalized spacial score (nSPS) is 16.7. The summed E-state index contributed by atoms with van der Waals surface area (Å²) in [6.45, 7) is 9.01. The molecule has 2 amide bonds. The van der Waals surface area contributed by atoms with Crippen LogP contribution in [0.4, 0.5) is 4.79 Å². The molecule has 7 nitrogen and oxygen atoms in total. The number of benzene rings is 2. The van der Waals surface area contributed by atoms with E-state index in [2.05, 4.69) is 40.6 Å². The van der Waals surface area contributed by atoms with Crippen molar-refractivity contribution >= 4 is 22.8 Å². The molecule has 7 heteroatoms. The molecule has 0 unspecified atom stereocenters. The van der Waals surface area contributed by atoms with E-state index in [1.54, 1.807) is 11.1 Å². The molecule has 1 N–H and O–H groups in total. The highest BCUT2D eigenvalue weighted by atomic mass is 16.6. The molecule has 5 rings (SSSR count). The Kier molecular flexibility index (Phi) is 6.41. The number of amides is 2. The first-order valence-electron chi connectivity index (χ1n) is 12.8. The van der Waals surface area contributed by atoms with E-state index in [1.165, 1.54) is 0 Å².